The number of nitrogens with one attached hydrogen (secondary N) is 4. The summed E-state index contributed by atoms with van der Waals surface area (Å²) < 4.78 is 65.8. The summed E-state index contributed by atoms with van der Waals surface area (Å²) in [4.78, 5) is 58.0. The van der Waals surface area contributed by atoms with Crippen LogP contribution in [0.4, 0.5) is 11.4 Å². The average Bonchev–Trinajstić information content (AvgIpc) is 3.88. The van der Waals surface area contributed by atoms with Gasteiger partial charge in [-0.05, 0) is 99.5 Å². The normalized spacial score (nSPS) is 23.6. The van der Waals surface area contributed by atoms with Crippen molar-refractivity contribution in [3.05, 3.63) is 52.9 Å². The Balaban J connectivity index is 0.000000257. The van der Waals surface area contributed by atoms with Gasteiger partial charge < -0.3 is 35.8 Å². The van der Waals surface area contributed by atoms with E-state index < -0.39 is 31.1 Å². The predicted octanol–water partition coefficient (Wildman–Crippen LogP) is 6.49. The molecule has 0 aromatic heterocycles. The molecule has 0 radical (unpaired) electrons. The van der Waals surface area contributed by atoms with Crippen LogP contribution in [0.1, 0.15) is 130 Å². The summed E-state index contributed by atoms with van der Waals surface area (Å²) in [7, 11) is -3.20. The number of rotatable bonds is 13. The third-order valence-corrected chi connectivity index (χ3v) is 18.3. The zero-order valence-corrected chi connectivity index (χ0v) is 46.4. The highest BCUT2D eigenvalue weighted by atomic mass is 32.2. The maximum absolute atomic E-state index is 13.1. The Bertz CT molecular complexity index is 2610. The Hall–Kier alpha value is -5.22. The van der Waals surface area contributed by atoms with E-state index in [0.29, 0.717) is 66.0 Å². The monoisotopic (exact) mass is 1070 g/mol. The number of benzene rings is 2. The van der Waals surface area contributed by atoms with Gasteiger partial charge in [0.05, 0.1) is 20.0 Å². The summed E-state index contributed by atoms with van der Waals surface area (Å²) in [5.74, 6) is 4.01. The molecule has 0 atom stereocenters. The highest BCUT2D eigenvalue weighted by Gasteiger charge is 2.50. The standard InChI is InChI=1S/C25H36N4O5S.C25H34N4O5S.C2H6.CH4O/c2*1-17-4-6-20(7-5-17)23-27-24(31)25(28-23)11-13-29(14-12-25)35(32,33)15-10-19-8-9-21(26-18(2)30)16-22(19)34-3;2*1-2/h8-9,16-17,20H,4-7,10-15H2,1-3H3,(H,26,30)(H,27,28,31);8-10,15-17,20H,4-7,11-14H2,1-3H3,(H,26,30)(H,27,28,31);1-2H3;2H,1H3/b;15-10+;;. The molecule has 0 bridgehead atoms. The number of amidine groups is 2. The maximum atomic E-state index is 13.1. The number of anilines is 2. The summed E-state index contributed by atoms with van der Waals surface area (Å²) >= 11 is 0. The van der Waals surface area contributed by atoms with Gasteiger partial charge in [-0.3, -0.25) is 29.2 Å². The Kier molecular flexibility index (Phi) is 21.4. The van der Waals surface area contributed by atoms with Gasteiger partial charge in [0.1, 0.15) is 34.2 Å². The number of nitrogens with zero attached hydrogens (tertiary/aromatic N) is 4. The molecule has 21 heteroatoms. The van der Waals surface area contributed by atoms with Crippen molar-refractivity contribution < 1.29 is 50.6 Å². The lowest BCUT2D eigenvalue weighted by atomic mass is 9.82. The number of ether oxygens (including phenoxy) is 2. The predicted molar refractivity (Wildman–Crippen MR) is 290 cm³/mol. The van der Waals surface area contributed by atoms with Crippen molar-refractivity contribution in [3.63, 3.8) is 0 Å². The number of aliphatic hydroxyl groups excluding tert-OH is 1. The van der Waals surface area contributed by atoms with Crippen molar-refractivity contribution in [2.24, 2.45) is 33.7 Å². The van der Waals surface area contributed by atoms with Crippen molar-refractivity contribution in [1.29, 1.82) is 0 Å². The molecule has 2 saturated heterocycles. The average molecular weight is 1070 g/mol. The number of carbonyl (C=O) groups excluding carboxylic acids is 4. The van der Waals surface area contributed by atoms with Crippen LogP contribution in [-0.2, 0) is 45.6 Å². The molecule has 2 spiro atoms. The first-order valence-electron chi connectivity index (χ1n) is 26.1. The van der Waals surface area contributed by atoms with Gasteiger partial charge in [0.25, 0.3) is 11.8 Å². The minimum absolute atomic E-state index is 0.0587. The lowest BCUT2D eigenvalue weighted by Crippen LogP contribution is -2.51. The second-order valence-corrected chi connectivity index (χ2v) is 23.8. The first-order valence-corrected chi connectivity index (χ1v) is 29.2. The minimum Gasteiger partial charge on any atom is -0.496 e. The van der Waals surface area contributed by atoms with E-state index in [1.54, 1.807) is 36.4 Å². The number of aliphatic hydroxyl groups is 1. The quantitative estimate of drug-likeness (QED) is 0.145. The first-order chi connectivity index (χ1) is 35.2. The fraction of sp³-hybridized carbons (Fsp3) is 0.623. The molecule has 4 amide bonds. The van der Waals surface area contributed by atoms with Crippen LogP contribution in [-0.4, -0.2) is 130 Å². The van der Waals surface area contributed by atoms with Crippen molar-refractivity contribution in [3.8, 4) is 11.5 Å². The zero-order valence-electron chi connectivity index (χ0n) is 44.8. The molecule has 0 unspecified atom stereocenters. The lowest BCUT2D eigenvalue weighted by Gasteiger charge is -2.34. The molecule has 4 heterocycles. The molecule has 2 aromatic carbocycles. The van der Waals surface area contributed by atoms with E-state index in [-0.39, 0.29) is 62.0 Å². The third kappa shape index (κ3) is 15.0. The summed E-state index contributed by atoms with van der Waals surface area (Å²) in [5, 5.41) is 19.6. The van der Waals surface area contributed by atoms with Crippen LogP contribution in [0.15, 0.2) is 51.8 Å². The van der Waals surface area contributed by atoms with Gasteiger partial charge in [0, 0.05) is 93.5 Å². The highest BCUT2D eigenvalue weighted by molar-refractivity contribution is 7.92. The van der Waals surface area contributed by atoms with Gasteiger partial charge in [0.2, 0.25) is 31.9 Å². The molecule has 2 saturated carbocycles. The van der Waals surface area contributed by atoms with Gasteiger partial charge in [-0.1, -0.05) is 59.4 Å². The molecule has 74 heavy (non-hydrogen) atoms. The lowest BCUT2D eigenvalue weighted by molar-refractivity contribution is -0.125. The third-order valence-electron chi connectivity index (χ3n) is 14.9. The van der Waals surface area contributed by atoms with Crippen LogP contribution in [0.2, 0.25) is 0 Å². The zero-order chi connectivity index (χ0) is 54.4. The number of aliphatic imine (C=N–C) groups is 2. The number of amides is 4. The van der Waals surface area contributed by atoms with Crippen LogP contribution in [0.5, 0.6) is 11.5 Å². The number of hydrogen-bond acceptors (Lipinski definition) is 13. The van der Waals surface area contributed by atoms with Gasteiger partial charge >= 0.3 is 0 Å². The van der Waals surface area contributed by atoms with Gasteiger partial charge in [-0.25, -0.2) is 21.1 Å². The Morgan fingerprint density at radius 1 is 0.689 bits per heavy atom. The molecule has 410 valence electrons. The summed E-state index contributed by atoms with van der Waals surface area (Å²) in [6, 6.07) is 10.2. The van der Waals surface area contributed by atoms with Crippen LogP contribution >= 0.6 is 0 Å². The molecule has 2 aromatic rings. The molecular weight excluding hydrogens is 989 g/mol. The Morgan fingerprint density at radius 3 is 1.54 bits per heavy atom. The number of carbonyl (C=O) groups is 4. The van der Waals surface area contributed by atoms with E-state index >= 15 is 0 Å². The molecule has 5 N–H and O–H groups in total. The molecule has 8 rings (SSSR count). The van der Waals surface area contributed by atoms with Crippen LogP contribution in [0, 0.1) is 23.7 Å². The Labute approximate surface area is 438 Å². The number of sulfonamides is 2. The fourth-order valence-electron chi connectivity index (χ4n) is 10.4. The molecule has 4 aliphatic heterocycles. The molecular formula is C53H80N8O11S2. The van der Waals surface area contributed by atoms with Crippen LogP contribution < -0.4 is 30.7 Å². The SMILES string of the molecule is CC.CO.COc1cc(NC(C)=O)ccc1/C=C/S(=O)(=O)N1CCC2(CC1)N=C(C1CCC(C)CC1)NC2=O.COc1cc(NC(C)=O)ccc1CCS(=O)(=O)N1CCC2(CC1)N=C(C1CCC(C)CC1)NC2=O. The molecule has 19 nitrogen and oxygen atoms in total. The second-order valence-electron chi connectivity index (χ2n) is 19.9. The van der Waals surface area contributed by atoms with Crippen LogP contribution in [0.3, 0.4) is 0 Å². The first kappa shape index (κ1) is 59.7. The number of methoxy groups -OCH3 is 2. The minimum atomic E-state index is -3.69. The maximum Gasteiger partial charge on any atom is 0.253 e. The van der Waals surface area contributed by atoms with Gasteiger partial charge in [-0.15, -0.1) is 0 Å². The molecule has 2 aliphatic carbocycles. The van der Waals surface area contributed by atoms with Crippen molar-refractivity contribution >= 4 is 72.8 Å². The van der Waals surface area contributed by atoms with E-state index in [1.165, 1.54) is 42.8 Å². The van der Waals surface area contributed by atoms with E-state index in [2.05, 4.69) is 35.1 Å². The number of hydrogen-bond donors (Lipinski definition) is 5. The second kappa shape index (κ2) is 26.5. The van der Waals surface area contributed by atoms with Gasteiger partial charge in [0.15, 0.2) is 0 Å². The summed E-state index contributed by atoms with van der Waals surface area (Å²) in [5.41, 5.74) is 0.812. The molecule has 6 aliphatic rings. The number of aryl methyl sites for hydroxylation is 1. The van der Waals surface area contributed by atoms with E-state index in [4.69, 9.17) is 24.6 Å². The van der Waals surface area contributed by atoms with Crippen molar-refractivity contribution in [1.82, 2.24) is 19.2 Å². The van der Waals surface area contributed by atoms with Crippen molar-refractivity contribution in [2.45, 2.75) is 136 Å². The van der Waals surface area contributed by atoms with Crippen LogP contribution in [0.25, 0.3) is 6.08 Å². The van der Waals surface area contributed by atoms with Crippen molar-refractivity contribution in [2.75, 3.05) is 63.9 Å². The van der Waals surface area contributed by atoms with E-state index in [0.717, 1.165) is 93.0 Å². The fourth-order valence-corrected chi connectivity index (χ4v) is 13.1. The van der Waals surface area contributed by atoms with E-state index in [9.17, 15) is 36.0 Å². The highest BCUT2D eigenvalue weighted by Crippen LogP contribution is 2.38. The smallest absolute Gasteiger partial charge is 0.253 e. The van der Waals surface area contributed by atoms with Gasteiger partial charge in [-0.2, -0.15) is 4.31 Å². The number of piperidine rings is 2. The molecule has 4 fully saturated rings. The summed E-state index contributed by atoms with van der Waals surface area (Å²) in [6.45, 7) is 12.4. The largest absolute Gasteiger partial charge is 0.496 e. The Morgan fingerprint density at radius 2 is 1.11 bits per heavy atom. The summed E-state index contributed by atoms with van der Waals surface area (Å²) in [6.07, 6.45) is 12.1. The van der Waals surface area contributed by atoms with E-state index in [1.807, 2.05) is 13.8 Å². The topological polar surface area (TPSA) is 255 Å².